The van der Waals surface area contributed by atoms with Gasteiger partial charge in [-0.05, 0) is 45.0 Å². The van der Waals surface area contributed by atoms with Crippen molar-refractivity contribution in [3.63, 3.8) is 0 Å². The van der Waals surface area contributed by atoms with Crippen LogP contribution in [0.25, 0.3) is 0 Å². The third kappa shape index (κ3) is 6.95. The van der Waals surface area contributed by atoms with E-state index in [9.17, 15) is 41.8 Å². The number of hydrogen-bond acceptors (Lipinski definition) is 7. The van der Waals surface area contributed by atoms with Crippen molar-refractivity contribution in [1.29, 1.82) is 0 Å². The zero-order valence-electron chi connectivity index (χ0n) is 18.5. The zero-order valence-corrected chi connectivity index (χ0v) is 18.5. The van der Waals surface area contributed by atoms with Gasteiger partial charge in [0.1, 0.15) is 0 Å². The van der Waals surface area contributed by atoms with Crippen molar-refractivity contribution in [2.45, 2.75) is 32.8 Å². The van der Waals surface area contributed by atoms with Crippen molar-refractivity contribution in [3.05, 3.63) is 70.8 Å². The summed E-state index contributed by atoms with van der Waals surface area (Å²) >= 11 is 0. The number of ketones is 2. The fourth-order valence-electron chi connectivity index (χ4n) is 2.55. The lowest BCUT2D eigenvalue weighted by Gasteiger charge is -2.23. The topological polar surface area (TPSA) is 107 Å². The molecule has 2 aromatic carbocycles. The van der Waals surface area contributed by atoms with Crippen molar-refractivity contribution in [2.75, 3.05) is 13.2 Å². The summed E-state index contributed by atoms with van der Waals surface area (Å²) in [5, 5.41) is 10.2. The Balaban J connectivity index is 0.000000437. The largest absolute Gasteiger partial charge is 0.463 e. The smallest absolute Gasteiger partial charge is 0.350 e. The standard InChI is InChI=1S/C15H16F2O6.C8H6F2O/c1-3-22-13(19)15(21,14(20)23-4-2)8-11(18)9-6-5-7-10(16)12(9)17;1-5(11)6-3-2-4-7(9)8(6)10/h5-7,21H,3-4,8H2,1-2H3;2-4H,1H3. The molecule has 184 valence electrons. The van der Waals surface area contributed by atoms with E-state index in [0.717, 1.165) is 24.3 Å². The van der Waals surface area contributed by atoms with Gasteiger partial charge in [-0.2, -0.15) is 0 Å². The molecule has 0 bridgehead atoms. The minimum absolute atomic E-state index is 0.164. The number of carbonyl (C=O) groups excluding carboxylic acids is 4. The fourth-order valence-corrected chi connectivity index (χ4v) is 2.55. The molecule has 0 aromatic heterocycles. The third-order valence-electron chi connectivity index (χ3n) is 4.23. The number of hydrogen-bond donors (Lipinski definition) is 1. The van der Waals surface area contributed by atoms with Crippen LogP contribution in [0.1, 0.15) is 47.9 Å². The Hall–Kier alpha value is -3.60. The van der Waals surface area contributed by atoms with Gasteiger partial charge in [-0.1, -0.05) is 12.1 Å². The van der Waals surface area contributed by atoms with Crippen molar-refractivity contribution >= 4 is 23.5 Å². The predicted octanol–water partition coefficient (Wildman–Crippen LogP) is 3.56. The highest BCUT2D eigenvalue weighted by molar-refractivity contribution is 6.10. The number of esters is 2. The number of benzene rings is 2. The maximum absolute atomic E-state index is 13.6. The second kappa shape index (κ2) is 12.6. The molecule has 2 aromatic rings. The first-order chi connectivity index (χ1) is 15.9. The van der Waals surface area contributed by atoms with Gasteiger partial charge in [-0.15, -0.1) is 0 Å². The monoisotopic (exact) mass is 486 g/mol. The lowest BCUT2D eigenvalue weighted by molar-refractivity contribution is -0.182. The SMILES string of the molecule is CC(=O)c1cccc(F)c1F.CCOC(=O)C(O)(CC(=O)c1cccc(F)c1F)C(=O)OCC. The van der Waals surface area contributed by atoms with Crippen molar-refractivity contribution in [1.82, 2.24) is 0 Å². The molecule has 0 atom stereocenters. The summed E-state index contributed by atoms with van der Waals surface area (Å²) in [5.41, 5.74) is -3.83. The summed E-state index contributed by atoms with van der Waals surface area (Å²) in [7, 11) is 0. The summed E-state index contributed by atoms with van der Waals surface area (Å²) in [5.74, 6) is -9.18. The van der Waals surface area contributed by atoms with Crippen LogP contribution in [0.15, 0.2) is 36.4 Å². The van der Waals surface area contributed by atoms with Gasteiger partial charge >= 0.3 is 11.9 Å². The zero-order chi connectivity index (χ0) is 26.1. The van der Waals surface area contributed by atoms with Gasteiger partial charge in [0.05, 0.1) is 30.8 Å². The van der Waals surface area contributed by atoms with E-state index < -0.39 is 64.4 Å². The van der Waals surface area contributed by atoms with E-state index in [2.05, 4.69) is 9.47 Å². The quantitative estimate of drug-likeness (QED) is 0.263. The van der Waals surface area contributed by atoms with E-state index in [1.165, 1.54) is 32.9 Å². The normalized spacial score (nSPS) is 10.6. The van der Waals surface area contributed by atoms with Crippen LogP contribution < -0.4 is 0 Å². The number of rotatable bonds is 8. The number of Topliss-reactive ketones (excluding diaryl/α,β-unsaturated/α-hetero) is 2. The first kappa shape index (κ1) is 28.4. The third-order valence-corrected chi connectivity index (χ3v) is 4.23. The van der Waals surface area contributed by atoms with E-state index >= 15 is 0 Å². The molecule has 1 N–H and O–H groups in total. The lowest BCUT2D eigenvalue weighted by Crippen LogP contribution is -2.50. The molecule has 0 aliphatic rings. The number of carbonyl (C=O) groups is 4. The highest BCUT2D eigenvalue weighted by atomic mass is 19.2. The highest BCUT2D eigenvalue weighted by Gasteiger charge is 2.49. The van der Waals surface area contributed by atoms with E-state index in [-0.39, 0.29) is 18.8 Å². The average Bonchev–Trinajstić information content (AvgIpc) is 2.77. The molecule has 0 fully saturated rings. The summed E-state index contributed by atoms with van der Waals surface area (Å²) in [6, 6.07) is 6.38. The van der Waals surface area contributed by atoms with Gasteiger partial charge < -0.3 is 14.6 Å². The van der Waals surface area contributed by atoms with Crippen molar-refractivity contribution in [2.24, 2.45) is 0 Å². The van der Waals surface area contributed by atoms with Crippen LogP contribution in [-0.2, 0) is 19.1 Å². The van der Waals surface area contributed by atoms with Gasteiger partial charge in [0.25, 0.3) is 5.60 Å². The second-order valence-corrected chi connectivity index (χ2v) is 6.66. The van der Waals surface area contributed by atoms with Crippen molar-refractivity contribution in [3.8, 4) is 0 Å². The molecule has 0 unspecified atom stereocenters. The molecular formula is C23H22F4O7. The molecule has 0 radical (unpaired) electrons. The first-order valence-corrected chi connectivity index (χ1v) is 9.89. The van der Waals surface area contributed by atoms with E-state index in [1.807, 2.05) is 0 Å². The molecule has 7 nitrogen and oxygen atoms in total. The molecule has 0 amide bonds. The second-order valence-electron chi connectivity index (χ2n) is 6.66. The average molecular weight is 486 g/mol. The van der Waals surface area contributed by atoms with Gasteiger partial charge in [-0.25, -0.2) is 27.2 Å². The van der Waals surface area contributed by atoms with Crippen LogP contribution in [-0.4, -0.2) is 47.4 Å². The molecule has 34 heavy (non-hydrogen) atoms. The van der Waals surface area contributed by atoms with Crippen LogP contribution in [0, 0.1) is 23.3 Å². The van der Waals surface area contributed by atoms with Crippen molar-refractivity contribution < 1.29 is 51.3 Å². The van der Waals surface area contributed by atoms with E-state index in [1.54, 1.807) is 0 Å². The van der Waals surface area contributed by atoms with Gasteiger partial charge in [-0.3, -0.25) is 9.59 Å². The Morgan fingerprint density at radius 1 is 0.794 bits per heavy atom. The lowest BCUT2D eigenvalue weighted by atomic mass is 9.93. The Bertz CT molecular complexity index is 1050. The summed E-state index contributed by atoms with van der Waals surface area (Å²) < 4.78 is 61.0. The predicted molar refractivity (Wildman–Crippen MR) is 110 cm³/mol. The molecule has 0 aliphatic carbocycles. The maximum atomic E-state index is 13.6. The number of halogens is 4. The van der Waals surface area contributed by atoms with E-state index in [4.69, 9.17) is 0 Å². The summed E-state index contributed by atoms with van der Waals surface area (Å²) in [6.07, 6.45) is -1.13. The van der Waals surface area contributed by atoms with Crippen LogP contribution >= 0.6 is 0 Å². The Kier molecular flexibility index (Phi) is 10.5. The molecule has 11 heteroatoms. The van der Waals surface area contributed by atoms with Crippen LogP contribution in [0.3, 0.4) is 0 Å². The Labute approximate surface area is 192 Å². The molecular weight excluding hydrogens is 464 g/mol. The van der Waals surface area contributed by atoms with Crippen LogP contribution in [0.4, 0.5) is 17.6 Å². The number of ether oxygens (including phenoxy) is 2. The molecule has 0 saturated heterocycles. The first-order valence-electron chi connectivity index (χ1n) is 9.89. The fraction of sp³-hybridized carbons (Fsp3) is 0.304. The molecule has 0 spiro atoms. The Morgan fingerprint density at radius 2 is 1.21 bits per heavy atom. The highest BCUT2D eigenvalue weighted by Crippen LogP contribution is 2.21. The van der Waals surface area contributed by atoms with Crippen LogP contribution in [0.2, 0.25) is 0 Å². The van der Waals surface area contributed by atoms with Gasteiger partial charge in [0, 0.05) is 0 Å². The molecule has 2 rings (SSSR count). The van der Waals surface area contributed by atoms with Gasteiger partial charge in [0.2, 0.25) is 0 Å². The van der Waals surface area contributed by atoms with E-state index in [0.29, 0.717) is 0 Å². The minimum Gasteiger partial charge on any atom is -0.463 e. The Morgan fingerprint density at radius 3 is 1.59 bits per heavy atom. The maximum Gasteiger partial charge on any atom is 0.350 e. The summed E-state index contributed by atoms with van der Waals surface area (Å²) in [4.78, 5) is 46.3. The molecule has 0 heterocycles. The molecule has 0 aliphatic heterocycles. The minimum atomic E-state index is -2.93. The van der Waals surface area contributed by atoms with Gasteiger partial charge in [0.15, 0.2) is 34.8 Å². The summed E-state index contributed by atoms with van der Waals surface area (Å²) in [6.45, 7) is 3.72. The number of aliphatic hydroxyl groups is 1. The van der Waals surface area contributed by atoms with Crippen LogP contribution in [0.5, 0.6) is 0 Å². The molecule has 0 saturated carbocycles.